The molecule has 0 spiro atoms. The fraction of sp³-hybridized carbons (Fsp3) is 0.438. The molecule has 0 radical (unpaired) electrons. The Labute approximate surface area is 122 Å². The van der Waals surface area contributed by atoms with Crippen LogP contribution in [0.2, 0.25) is 0 Å². The lowest BCUT2D eigenvalue weighted by atomic mass is 9.82. The molecule has 0 saturated heterocycles. The molecule has 19 heavy (non-hydrogen) atoms. The molecule has 0 saturated carbocycles. The van der Waals surface area contributed by atoms with E-state index in [2.05, 4.69) is 41.3 Å². The molecule has 0 aliphatic rings. The van der Waals surface area contributed by atoms with Crippen LogP contribution in [0.1, 0.15) is 20.8 Å². The van der Waals surface area contributed by atoms with Gasteiger partial charge in [0.2, 0.25) is 0 Å². The standard InChI is InChI=1S/C16H20BrNO/c1-16(2,3)12(10-17)11-18-9-8-15(19)13-6-4-5-7-14(13)18/h4-9,12H,10-11H2,1-3H3. The second-order valence-corrected chi connectivity index (χ2v) is 6.71. The van der Waals surface area contributed by atoms with Gasteiger partial charge < -0.3 is 4.57 Å². The predicted molar refractivity (Wildman–Crippen MR) is 84.9 cm³/mol. The summed E-state index contributed by atoms with van der Waals surface area (Å²) in [7, 11) is 0. The highest BCUT2D eigenvalue weighted by molar-refractivity contribution is 9.09. The maximum absolute atomic E-state index is 11.9. The molecule has 1 heterocycles. The highest BCUT2D eigenvalue weighted by atomic mass is 79.9. The van der Waals surface area contributed by atoms with Gasteiger partial charge in [0.15, 0.2) is 5.43 Å². The molecule has 1 atom stereocenters. The molecule has 0 aliphatic carbocycles. The van der Waals surface area contributed by atoms with E-state index in [0.29, 0.717) is 5.92 Å². The number of rotatable bonds is 3. The molecule has 2 rings (SSSR count). The molecule has 0 fully saturated rings. The average molecular weight is 322 g/mol. The zero-order valence-corrected chi connectivity index (χ0v) is 13.3. The Kier molecular flexibility index (Phi) is 4.14. The van der Waals surface area contributed by atoms with Gasteiger partial charge in [-0.1, -0.05) is 48.8 Å². The number of hydrogen-bond acceptors (Lipinski definition) is 1. The number of para-hydroxylation sites is 1. The number of hydrogen-bond donors (Lipinski definition) is 0. The van der Waals surface area contributed by atoms with Crippen LogP contribution in [0.25, 0.3) is 10.9 Å². The van der Waals surface area contributed by atoms with Crippen molar-refractivity contribution in [2.45, 2.75) is 27.3 Å². The largest absolute Gasteiger partial charge is 0.347 e. The first kappa shape index (κ1) is 14.3. The summed E-state index contributed by atoms with van der Waals surface area (Å²) in [5, 5.41) is 1.75. The third-order valence-corrected chi connectivity index (χ3v) is 4.49. The number of pyridine rings is 1. The van der Waals surface area contributed by atoms with Gasteiger partial charge in [0.05, 0.1) is 5.52 Å². The summed E-state index contributed by atoms with van der Waals surface area (Å²) in [6.07, 6.45) is 1.91. The summed E-state index contributed by atoms with van der Waals surface area (Å²) in [5.74, 6) is 0.512. The summed E-state index contributed by atoms with van der Waals surface area (Å²) >= 11 is 3.61. The molecule has 0 bridgehead atoms. The van der Waals surface area contributed by atoms with E-state index in [9.17, 15) is 4.79 Å². The number of halogens is 1. The molecule has 102 valence electrons. The highest BCUT2D eigenvalue weighted by Crippen LogP contribution is 2.29. The van der Waals surface area contributed by atoms with Crippen molar-refractivity contribution < 1.29 is 0 Å². The van der Waals surface area contributed by atoms with Crippen molar-refractivity contribution in [3.8, 4) is 0 Å². The van der Waals surface area contributed by atoms with E-state index in [0.717, 1.165) is 22.8 Å². The van der Waals surface area contributed by atoms with Crippen LogP contribution in [0.15, 0.2) is 41.3 Å². The fourth-order valence-corrected chi connectivity index (χ4v) is 3.39. The Morgan fingerprint density at radius 1 is 1.21 bits per heavy atom. The van der Waals surface area contributed by atoms with Crippen LogP contribution in [0.4, 0.5) is 0 Å². The van der Waals surface area contributed by atoms with Gasteiger partial charge in [-0.15, -0.1) is 0 Å². The number of aromatic nitrogens is 1. The quantitative estimate of drug-likeness (QED) is 0.781. The molecular formula is C16H20BrNO. The maximum Gasteiger partial charge on any atom is 0.189 e. The third-order valence-electron chi connectivity index (χ3n) is 3.71. The molecule has 0 N–H and O–H groups in total. The number of alkyl halides is 1. The molecule has 0 amide bonds. The molecule has 3 heteroatoms. The monoisotopic (exact) mass is 321 g/mol. The molecule has 2 nitrogen and oxygen atoms in total. The second-order valence-electron chi connectivity index (χ2n) is 6.07. The summed E-state index contributed by atoms with van der Waals surface area (Å²) in [4.78, 5) is 11.9. The molecule has 2 aromatic rings. The summed E-state index contributed by atoms with van der Waals surface area (Å²) in [6, 6.07) is 9.48. The van der Waals surface area contributed by atoms with Gasteiger partial charge in [-0.2, -0.15) is 0 Å². The van der Waals surface area contributed by atoms with E-state index in [1.165, 1.54) is 0 Å². The van der Waals surface area contributed by atoms with Crippen molar-refractivity contribution in [3.63, 3.8) is 0 Å². The first-order valence-corrected chi connectivity index (χ1v) is 7.70. The predicted octanol–water partition coefficient (Wildman–Crippen LogP) is 4.06. The Morgan fingerprint density at radius 3 is 2.53 bits per heavy atom. The van der Waals surface area contributed by atoms with Gasteiger partial charge in [-0.3, -0.25) is 4.79 Å². The first-order chi connectivity index (χ1) is 8.93. The number of nitrogens with zero attached hydrogens (tertiary/aromatic N) is 1. The summed E-state index contributed by atoms with van der Waals surface area (Å²) < 4.78 is 2.19. The van der Waals surface area contributed by atoms with E-state index >= 15 is 0 Å². The smallest absolute Gasteiger partial charge is 0.189 e. The zero-order valence-electron chi connectivity index (χ0n) is 11.7. The Bertz CT molecular complexity index is 624. The highest BCUT2D eigenvalue weighted by Gasteiger charge is 2.24. The molecular weight excluding hydrogens is 302 g/mol. The summed E-state index contributed by atoms with van der Waals surface area (Å²) in [6.45, 7) is 7.67. The molecule has 0 aliphatic heterocycles. The van der Waals surface area contributed by atoms with Crippen molar-refractivity contribution >= 4 is 26.8 Å². The summed E-state index contributed by atoms with van der Waals surface area (Å²) in [5.41, 5.74) is 1.34. The third kappa shape index (κ3) is 3.08. The maximum atomic E-state index is 11.9. The van der Waals surface area contributed by atoms with Gasteiger partial charge in [0.1, 0.15) is 0 Å². The van der Waals surface area contributed by atoms with Crippen LogP contribution >= 0.6 is 15.9 Å². The van der Waals surface area contributed by atoms with Crippen LogP contribution in [0.3, 0.4) is 0 Å². The second kappa shape index (κ2) is 5.49. The van der Waals surface area contributed by atoms with Crippen LogP contribution < -0.4 is 5.43 Å². The fourth-order valence-electron chi connectivity index (χ4n) is 2.21. The van der Waals surface area contributed by atoms with Gasteiger partial charge in [0, 0.05) is 29.5 Å². The first-order valence-electron chi connectivity index (χ1n) is 6.57. The van der Waals surface area contributed by atoms with Crippen LogP contribution in [0, 0.1) is 11.3 Å². The van der Waals surface area contributed by atoms with Gasteiger partial charge in [-0.25, -0.2) is 0 Å². The van der Waals surface area contributed by atoms with Gasteiger partial charge in [-0.05, 0) is 23.5 Å². The van der Waals surface area contributed by atoms with E-state index in [4.69, 9.17) is 0 Å². The van der Waals surface area contributed by atoms with Crippen LogP contribution in [0.5, 0.6) is 0 Å². The Morgan fingerprint density at radius 2 is 1.89 bits per heavy atom. The number of fused-ring (bicyclic) bond motifs is 1. The van der Waals surface area contributed by atoms with E-state index in [1.807, 2.05) is 30.5 Å². The minimum absolute atomic E-state index is 0.0954. The molecule has 1 aromatic heterocycles. The molecule has 1 unspecified atom stereocenters. The van der Waals surface area contributed by atoms with E-state index < -0.39 is 0 Å². The zero-order chi connectivity index (χ0) is 14.0. The van der Waals surface area contributed by atoms with Gasteiger partial charge in [0.25, 0.3) is 0 Å². The van der Waals surface area contributed by atoms with Crippen molar-refractivity contribution in [1.82, 2.24) is 4.57 Å². The van der Waals surface area contributed by atoms with E-state index in [-0.39, 0.29) is 10.8 Å². The van der Waals surface area contributed by atoms with Gasteiger partial charge >= 0.3 is 0 Å². The normalized spacial score (nSPS) is 13.7. The minimum Gasteiger partial charge on any atom is -0.347 e. The van der Waals surface area contributed by atoms with Crippen molar-refractivity contribution in [2.24, 2.45) is 11.3 Å². The SMILES string of the molecule is CC(C)(C)C(CBr)Cn1ccc(=O)c2ccccc21. The lowest BCUT2D eigenvalue weighted by Gasteiger charge is -2.30. The minimum atomic E-state index is 0.0954. The van der Waals surface area contributed by atoms with Crippen molar-refractivity contribution in [3.05, 3.63) is 46.8 Å². The number of benzene rings is 1. The lowest BCUT2D eigenvalue weighted by Crippen LogP contribution is -2.27. The van der Waals surface area contributed by atoms with E-state index in [1.54, 1.807) is 6.07 Å². The van der Waals surface area contributed by atoms with Crippen molar-refractivity contribution in [2.75, 3.05) is 5.33 Å². The topological polar surface area (TPSA) is 22.0 Å². The molecule has 1 aromatic carbocycles. The van der Waals surface area contributed by atoms with Crippen LogP contribution in [-0.2, 0) is 6.54 Å². The van der Waals surface area contributed by atoms with Crippen LogP contribution in [-0.4, -0.2) is 9.90 Å². The Balaban J connectivity index is 2.47. The average Bonchev–Trinajstić information content (AvgIpc) is 2.37. The lowest BCUT2D eigenvalue weighted by molar-refractivity contribution is 0.241. The van der Waals surface area contributed by atoms with Crippen molar-refractivity contribution in [1.29, 1.82) is 0 Å². The Hall–Kier alpha value is -1.09.